The van der Waals surface area contributed by atoms with Crippen LogP contribution in [-0.2, 0) is 14.3 Å². The summed E-state index contributed by atoms with van der Waals surface area (Å²) < 4.78 is 10.1. The Morgan fingerprint density at radius 1 is 1.12 bits per heavy atom. The molecular formula is C13H25NO3. The second-order valence-electron chi connectivity index (χ2n) is 4.71. The highest BCUT2D eigenvalue weighted by molar-refractivity contribution is 5.83. The van der Waals surface area contributed by atoms with E-state index < -0.39 is 0 Å². The van der Waals surface area contributed by atoms with Gasteiger partial charge in [-0.2, -0.15) is 0 Å². The van der Waals surface area contributed by atoms with E-state index in [-0.39, 0.29) is 0 Å². The summed E-state index contributed by atoms with van der Waals surface area (Å²) in [6.07, 6.45) is 4.60. The number of ether oxygens (including phenoxy) is 2. The Hall–Kier alpha value is -0.450. The van der Waals surface area contributed by atoms with E-state index in [0.717, 1.165) is 25.9 Å². The SMILES string of the molecule is COCCN(CCOC)CC(=O)C1CCCC1. The van der Waals surface area contributed by atoms with E-state index in [1.165, 1.54) is 12.8 Å². The van der Waals surface area contributed by atoms with Gasteiger partial charge < -0.3 is 9.47 Å². The first-order chi connectivity index (χ1) is 8.27. The van der Waals surface area contributed by atoms with Crippen molar-refractivity contribution < 1.29 is 14.3 Å². The van der Waals surface area contributed by atoms with Crippen molar-refractivity contribution >= 4 is 5.78 Å². The standard InChI is InChI=1S/C13H25NO3/c1-16-9-7-14(8-10-17-2)11-13(15)12-5-3-4-6-12/h12H,3-11H2,1-2H3. The van der Waals surface area contributed by atoms with Crippen molar-refractivity contribution in [2.75, 3.05) is 47.1 Å². The van der Waals surface area contributed by atoms with Gasteiger partial charge in [0.15, 0.2) is 0 Å². The predicted molar refractivity (Wildman–Crippen MR) is 67.2 cm³/mol. The van der Waals surface area contributed by atoms with Crippen LogP contribution in [-0.4, -0.2) is 57.8 Å². The fraction of sp³-hybridized carbons (Fsp3) is 0.923. The van der Waals surface area contributed by atoms with Crippen molar-refractivity contribution in [1.82, 2.24) is 4.90 Å². The van der Waals surface area contributed by atoms with Crippen molar-refractivity contribution in [3.05, 3.63) is 0 Å². The minimum absolute atomic E-state index is 0.308. The molecule has 4 heteroatoms. The molecule has 0 atom stereocenters. The lowest BCUT2D eigenvalue weighted by molar-refractivity contribution is -0.124. The van der Waals surface area contributed by atoms with Crippen LogP contribution in [0.3, 0.4) is 0 Å². The van der Waals surface area contributed by atoms with Crippen LogP contribution < -0.4 is 0 Å². The maximum Gasteiger partial charge on any atom is 0.149 e. The fourth-order valence-corrected chi connectivity index (χ4v) is 2.31. The summed E-state index contributed by atoms with van der Waals surface area (Å²) >= 11 is 0. The first-order valence-corrected chi connectivity index (χ1v) is 6.51. The van der Waals surface area contributed by atoms with E-state index in [2.05, 4.69) is 4.90 Å². The van der Waals surface area contributed by atoms with E-state index in [4.69, 9.17) is 9.47 Å². The lowest BCUT2D eigenvalue weighted by Gasteiger charge is -2.22. The van der Waals surface area contributed by atoms with Gasteiger partial charge in [0.1, 0.15) is 5.78 Å². The van der Waals surface area contributed by atoms with Gasteiger partial charge in [0.2, 0.25) is 0 Å². The van der Waals surface area contributed by atoms with Crippen LogP contribution in [0.5, 0.6) is 0 Å². The lowest BCUT2D eigenvalue weighted by Crippen LogP contribution is -2.37. The normalized spacial score (nSPS) is 16.9. The molecule has 100 valence electrons. The van der Waals surface area contributed by atoms with Gasteiger partial charge in [0, 0.05) is 33.2 Å². The third kappa shape index (κ3) is 5.61. The maximum absolute atomic E-state index is 12.1. The number of Topliss-reactive ketones (excluding diaryl/α,β-unsaturated/α-hetero) is 1. The predicted octanol–water partition coefficient (Wildman–Crippen LogP) is 1.34. The number of rotatable bonds is 9. The molecule has 0 aromatic rings. The van der Waals surface area contributed by atoms with Gasteiger partial charge >= 0.3 is 0 Å². The van der Waals surface area contributed by atoms with Crippen LogP contribution in [0.2, 0.25) is 0 Å². The molecule has 1 saturated carbocycles. The zero-order valence-corrected chi connectivity index (χ0v) is 11.1. The molecule has 17 heavy (non-hydrogen) atoms. The summed E-state index contributed by atoms with van der Waals surface area (Å²) in [6.45, 7) is 3.50. The second kappa shape index (κ2) is 8.61. The van der Waals surface area contributed by atoms with Gasteiger partial charge in [-0.3, -0.25) is 9.69 Å². The Kier molecular flexibility index (Phi) is 7.40. The molecule has 0 aromatic carbocycles. The van der Waals surface area contributed by atoms with Crippen LogP contribution >= 0.6 is 0 Å². The summed E-state index contributed by atoms with van der Waals surface area (Å²) in [5.74, 6) is 0.706. The van der Waals surface area contributed by atoms with E-state index in [0.29, 0.717) is 31.5 Å². The summed E-state index contributed by atoms with van der Waals surface area (Å²) in [5.41, 5.74) is 0. The lowest BCUT2D eigenvalue weighted by atomic mass is 10.0. The van der Waals surface area contributed by atoms with Gasteiger partial charge in [-0.05, 0) is 12.8 Å². The number of carbonyl (C=O) groups is 1. The summed E-state index contributed by atoms with van der Waals surface area (Å²) in [7, 11) is 3.38. The van der Waals surface area contributed by atoms with Crippen LogP contribution in [0.25, 0.3) is 0 Å². The number of carbonyl (C=O) groups excluding carboxylic acids is 1. The second-order valence-corrected chi connectivity index (χ2v) is 4.71. The van der Waals surface area contributed by atoms with Gasteiger partial charge in [0.05, 0.1) is 19.8 Å². The topological polar surface area (TPSA) is 38.8 Å². The first kappa shape index (κ1) is 14.6. The van der Waals surface area contributed by atoms with Gasteiger partial charge in [-0.25, -0.2) is 0 Å². The third-order valence-corrected chi connectivity index (χ3v) is 3.41. The highest BCUT2D eigenvalue weighted by atomic mass is 16.5. The number of ketones is 1. The van der Waals surface area contributed by atoms with Gasteiger partial charge in [-0.15, -0.1) is 0 Å². The molecule has 0 saturated heterocycles. The van der Waals surface area contributed by atoms with Crippen LogP contribution in [0.4, 0.5) is 0 Å². The summed E-state index contributed by atoms with van der Waals surface area (Å²) in [5, 5.41) is 0. The minimum atomic E-state index is 0.308. The van der Waals surface area contributed by atoms with E-state index in [9.17, 15) is 4.79 Å². The average molecular weight is 243 g/mol. The van der Waals surface area contributed by atoms with Crippen molar-refractivity contribution in [1.29, 1.82) is 0 Å². The maximum atomic E-state index is 12.1. The zero-order chi connectivity index (χ0) is 12.5. The van der Waals surface area contributed by atoms with Gasteiger partial charge in [0.25, 0.3) is 0 Å². The molecule has 0 unspecified atom stereocenters. The smallest absolute Gasteiger partial charge is 0.149 e. The fourth-order valence-electron chi connectivity index (χ4n) is 2.31. The Labute approximate surface area is 104 Å². The van der Waals surface area contributed by atoms with Crippen molar-refractivity contribution in [3.63, 3.8) is 0 Å². The Balaban J connectivity index is 2.31. The molecule has 0 spiro atoms. The number of methoxy groups -OCH3 is 2. The van der Waals surface area contributed by atoms with Gasteiger partial charge in [-0.1, -0.05) is 12.8 Å². The molecule has 0 radical (unpaired) electrons. The van der Waals surface area contributed by atoms with Crippen LogP contribution in [0.15, 0.2) is 0 Å². The number of nitrogens with zero attached hydrogens (tertiary/aromatic N) is 1. The Morgan fingerprint density at radius 3 is 2.12 bits per heavy atom. The number of hydrogen-bond donors (Lipinski definition) is 0. The molecule has 1 aliphatic rings. The monoisotopic (exact) mass is 243 g/mol. The molecule has 0 bridgehead atoms. The molecule has 0 heterocycles. The molecule has 1 rings (SSSR count). The molecule has 1 fully saturated rings. The zero-order valence-electron chi connectivity index (χ0n) is 11.1. The molecule has 0 N–H and O–H groups in total. The average Bonchev–Trinajstić information content (AvgIpc) is 2.86. The molecular weight excluding hydrogens is 218 g/mol. The van der Waals surface area contributed by atoms with Crippen LogP contribution in [0, 0.1) is 5.92 Å². The van der Waals surface area contributed by atoms with E-state index in [1.54, 1.807) is 14.2 Å². The van der Waals surface area contributed by atoms with Crippen molar-refractivity contribution in [3.8, 4) is 0 Å². The molecule has 0 aliphatic heterocycles. The largest absolute Gasteiger partial charge is 0.383 e. The minimum Gasteiger partial charge on any atom is -0.383 e. The highest BCUT2D eigenvalue weighted by Crippen LogP contribution is 2.25. The highest BCUT2D eigenvalue weighted by Gasteiger charge is 2.23. The third-order valence-electron chi connectivity index (χ3n) is 3.41. The van der Waals surface area contributed by atoms with Crippen molar-refractivity contribution in [2.45, 2.75) is 25.7 Å². The first-order valence-electron chi connectivity index (χ1n) is 6.51. The number of hydrogen-bond acceptors (Lipinski definition) is 4. The van der Waals surface area contributed by atoms with Crippen LogP contribution in [0.1, 0.15) is 25.7 Å². The molecule has 1 aliphatic carbocycles. The molecule has 0 aromatic heterocycles. The Morgan fingerprint density at radius 2 is 1.65 bits per heavy atom. The quantitative estimate of drug-likeness (QED) is 0.612. The molecule has 4 nitrogen and oxygen atoms in total. The van der Waals surface area contributed by atoms with Crippen molar-refractivity contribution in [2.24, 2.45) is 5.92 Å². The summed E-state index contributed by atoms with van der Waals surface area (Å²) in [6, 6.07) is 0. The summed E-state index contributed by atoms with van der Waals surface area (Å²) in [4.78, 5) is 14.2. The van der Waals surface area contributed by atoms with E-state index in [1.807, 2.05) is 0 Å². The van der Waals surface area contributed by atoms with E-state index >= 15 is 0 Å². The Bertz CT molecular complexity index is 207. The molecule has 0 amide bonds.